The standard InChI is InChI=1S/C12H20Si/c1-12(2,3)10-8-6-7-9-11(10)13(4)5/h6-9,13H,1-5H3. The fourth-order valence-electron chi connectivity index (χ4n) is 1.68. The average molecular weight is 192 g/mol. The predicted molar refractivity (Wildman–Crippen MR) is 63.7 cm³/mol. The molecule has 0 nitrogen and oxygen atoms in total. The van der Waals surface area contributed by atoms with Gasteiger partial charge in [-0.1, -0.05) is 63.3 Å². The van der Waals surface area contributed by atoms with Crippen molar-refractivity contribution in [3.05, 3.63) is 29.8 Å². The maximum Gasteiger partial charge on any atom is 0.0651 e. The molecule has 0 saturated carbocycles. The Bertz CT molecular complexity index is 281. The fraction of sp³-hybridized carbons (Fsp3) is 0.500. The normalized spacial score (nSPS) is 12.2. The molecule has 0 atom stereocenters. The van der Waals surface area contributed by atoms with E-state index in [4.69, 9.17) is 0 Å². The van der Waals surface area contributed by atoms with Crippen molar-refractivity contribution < 1.29 is 0 Å². The molecular formula is C12H20Si. The van der Waals surface area contributed by atoms with Crippen LogP contribution in [0, 0.1) is 0 Å². The van der Waals surface area contributed by atoms with Crippen LogP contribution < -0.4 is 5.19 Å². The molecule has 0 heterocycles. The molecule has 1 heteroatoms. The summed E-state index contributed by atoms with van der Waals surface area (Å²) in [7, 11) is -0.668. The van der Waals surface area contributed by atoms with E-state index in [2.05, 4.69) is 58.1 Å². The van der Waals surface area contributed by atoms with E-state index in [0.717, 1.165) is 0 Å². The lowest BCUT2D eigenvalue weighted by Crippen LogP contribution is -2.32. The molecule has 72 valence electrons. The highest BCUT2D eigenvalue weighted by Crippen LogP contribution is 2.20. The van der Waals surface area contributed by atoms with Gasteiger partial charge in [0.05, 0.1) is 8.80 Å². The van der Waals surface area contributed by atoms with E-state index in [9.17, 15) is 0 Å². The highest BCUT2D eigenvalue weighted by molar-refractivity contribution is 6.71. The van der Waals surface area contributed by atoms with Crippen LogP contribution in [0.25, 0.3) is 0 Å². The summed E-state index contributed by atoms with van der Waals surface area (Å²) >= 11 is 0. The van der Waals surface area contributed by atoms with Crippen molar-refractivity contribution in [3.63, 3.8) is 0 Å². The zero-order valence-corrected chi connectivity index (χ0v) is 10.5. The molecule has 1 rings (SSSR count). The van der Waals surface area contributed by atoms with Gasteiger partial charge in [-0.3, -0.25) is 0 Å². The average Bonchev–Trinajstić information content (AvgIpc) is 2.03. The van der Waals surface area contributed by atoms with Crippen LogP contribution in [0.4, 0.5) is 0 Å². The molecular weight excluding hydrogens is 172 g/mol. The largest absolute Gasteiger partial charge is 0.0682 e. The Labute approximate surface area is 83.6 Å². The van der Waals surface area contributed by atoms with Gasteiger partial charge in [0.1, 0.15) is 0 Å². The molecule has 0 saturated heterocycles. The van der Waals surface area contributed by atoms with Gasteiger partial charge in [-0.2, -0.15) is 0 Å². The number of hydrogen-bond acceptors (Lipinski definition) is 0. The summed E-state index contributed by atoms with van der Waals surface area (Å²) in [5, 5.41) is 1.62. The SMILES string of the molecule is C[SiH](C)c1ccccc1C(C)(C)C. The molecule has 0 aliphatic rings. The van der Waals surface area contributed by atoms with Gasteiger partial charge in [0.2, 0.25) is 0 Å². The quantitative estimate of drug-likeness (QED) is 0.600. The Kier molecular flexibility index (Phi) is 2.97. The summed E-state index contributed by atoms with van der Waals surface area (Å²) in [6.07, 6.45) is 0. The molecule has 0 aliphatic heterocycles. The van der Waals surface area contributed by atoms with Crippen molar-refractivity contribution >= 4 is 14.0 Å². The van der Waals surface area contributed by atoms with Crippen LogP contribution in [0.2, 0.25) is 13.1 Å². The first-order chi connectivity index (χ1) is 5.93. The zero-order chi connectivity index (χ0) is 10.1. The van der Waals surface area contributed by atoms with Gasteiger partial charge in [0.25, 0.3) is 0 Å². The topological polar surface area (TPSA) is 0 Å². The van der Waals surface area contributed by atoms with Crippen LogP contribution in [0.3, 0.4) is 0 Å². The van der Waals surface area contributed by atoms with Crippen molar-refractivity contribution in [2.24, 2.45) is 0 Å². The lowest BCUT2D eigenvalue weighted by molar-refractivity contribution is 0.594. The predicted octanol–water partition coefficient (Wildman–Crippen LogP) is 2.68. The molecule has 0 amide bonds. The Hall–Kier alpha value is -0.563. The molecule has 0 aliphatic carbocycles. The van der Waals surface area contributed by atoms with Crippen molar-refractivity contribution in [2.45, 2.75) is 39.3 Å². The van der Waals surface area contributed by atoms with E-state index >= 15 is 0 Å². The van der Waals surface area contributed by atoms with Gasteiger partial charge in [0.15, 0.2) is 0 Å². The highest BCUT2D eigenvalue weighted by atomic mass is 28.3. The lowest BCUT2D eigenvalue weighted by Gasteiger charge is -2.24. The maximum atomic E-state index is 2.39. The monoisotopic (exact) mass is 192 g/mol. The van der Waals surface area contributed by atoms with Crippen LogP contribution in [-0.2, 0) is 5.41 Å². The number of hydrogen-bond donors (Lipinski definition) is 0. The third-order valence-electron chi connectivity index (χ3n) is 2.39. The second kappa shape index (κ2) is 3.67. The van der Waals surface area contributed by atoms with E-state index in [-0.39, 0.29) is 0 Å². The van der Waals surface area contributed by atoms with Crippen LogP contribution in [0.1, 0.15) is 26.3 Å². The second-order valence-electron chi connectivity index (χ2n) is 4.99. The summed E-state index contributed by atoms with van der Waals surface area (Å²) < 4.78 is 0. The number of benzene rings is 1. The molecule has 0 spiro atoms. The molecule has 0 unspecified atom stereocenters. The Morgan fingerprint density at radius 1 is 1.00 bits per heavy atom. The molecule has 0 bridgehead atoms. The summed E-state index contributed by atoms with van der Waals surface area (Å²) in [6.45, 7) is 11.7. The first-order valence-corrected chi connectivity index (χ1v) is 7.91. The van der Waals surface area contributed by atoms with Gasteiger partial charge in [-0.05, 0) is 11.0 Å². The smallest absolute Gasteiger partial charge is 0.0651 e. The minimum absolute atomic E-state index is 0.299. The Morgan fingerprint density at radius 3 is 1.92 bits per heavy atom. The zero-order valence-electron chi connectivity index (χ0n) is 9.39. The summed E-state index contributed by atoms with van der Waals surface area (Å²) in [6, 6.07) is 8.90. The number of rotatable bonds is 1. The first kappa shape index (κ1) is 10.5. The lowest BCUT2D eigenvalue weighted by atomic mass is 9.87. The van der Waals surface area contributed by atoms with Crippen molar-refractivity contribution in [1.29, 1.82) is 0 Å². The van der Waals surface area contributed by atoms with Crippen LogP contribution in [-0.4, -0.2) is 8.80 Å². The summed E-state index contributed by atoms with van der Waals surface area (Å²) in [4.78, 5) is 0. The molecule has 13 heavy (non-hydrogen) atoms. The van der Waals surface area contributed by atoms with Gasteiger partial charge in [0, 0.05) is 0 Å². The fourth-order valence-corrected chi connectivity index (χ4v) is 3.33. The van der Waals surface area contributed by atoms with Gasteiger partial charge in [-0.25, -0.2) is 0 Å². The maximum absolute atomic E-state index is 2.39. The second-order valence-corrected chi connectivity index (χ2v) is 7.92. The van der Waals surface area contributed by atoms with E-state index in [1.165, 1.54) is 5.56 Å². The first-order valence-electron chi connectivity index (χ1n) is 5.02. The highest BCUT2D eigenvalue weighted by Gasteiger charge is 2.18. The van der Waals surface area contributed by atoms with Gasteiger partial charge < -0.3 is 0 Å². The van der Waals surface area contributed by atoms with Gasteiger partial charge in [-0.15, -0.1) is 0 Å². The minimum Gasteiger partial charge on any atom is -0.0682 e. The Morgan fingerprint density at radius 2 is 1.54 bits per heavy atom. The Balaban J connectivity index is 3.20. The van der Waals surface area contributed by atoms with E-state index < -0.39 is 8.80 Å². The molecule has 0 aromatic heterocycles. The van der Waals surface area contributed by atoms with Gasteiger partial charge >= 0.3 is 0 Å². The van der Waals surface area contributed by atoms with Crippen LogP contribution in [0.15, 0.2) is 24.3 Å². The summed E-state index contributed by atoms with van der Waals surface area (Å²) in [5.41, 5.74) is 1.84. The van der Waals surface area contributed by atoms with Crippen molar-refractivity contribution in [3.8, 4) is 0 Å². The van der Waals surface area contributed by atoms with E-state index in [1.807, 2.05) is 0 Å². The molecule has 0 N–H and O–H groups in total. The van der Waals surface area contributed by atoms with E-state index in [1.54, 1.807) is 5.19 Å². The van der Waals surface area contributed by atoms with Crippen molar-refractivity contribution in [1.82, 2.24) is 0 Å². The van der Waals surface area contributed by atoms with Crippen LogP contribution in [0.5, 0.6) is 0 Å². The molecule has 0 fully saturated rings. The summed E-state index contributed by atoms with van der Waals surface area (Å²) in [5.74, 6) is 0. The van der Waals surface area contributed by atoms with Crippen molar-refractivity contribution in [2.75, 3.05) is 0 Å². The molecule has 1 aromatic rings. The third kappa shape index (κ3) is 2.44. The minimum atomic E-state index is -0.668. The van der Waals surface area contributed by atoms with Crippen LogP contribution >= 0.6 is 0 Å². The third-order valence-corrected chi connectivity index (χ3v) is 4.14. The molecule has 0 radical (unpaired) electrons. The molecule has 1 aromatic carbocycles. The van der Waals surface area contributed by atoms with E-state index in [0.29, 0.717) is 5.41 Å².